The molecule has 1 aliphatic carbocycles. The third-order valence-corrected chi connectivity index (χ3v) is 7.32. The average molecular weight is 484 g/mol. The monoisotopic (exact) mass is 483 g/mol. The van der Waals surface area contributed by atoms with Gasteiger partial charge in [-0.2, -0.15) is 10.2 Å². The van der Waals surface area contributed by atoms with Crippen LogP contribution in [0.5, 0.6) is 0 Å². The fourth-order valence-electron chi connectivity index (χ4n) is 5.53. The van der Waals surface area contributed by atoms with Gasteiger partial charge in [0.15, 0.2) is 5.82 Å². The maximum absolute atomic E-state index is 13.7. The Balaban J connectivity index is 1.47. The molecule has 2 unspecified atom stereocenters. The molecule has 4 aromatic rings. The standard InChI is InChI=1S/C28H30FN7/c1-3-4-14-28(19-16-30-36(2)17-19)25-22(21-10-5-6-11-23(21)31-25)15-24(33-28)27-32-26(34-35-27)18-8-7-9-20(29)13-12-18/h5-8,10-13,16-17,24,31,33H,3-4,9,14-15H2,1-2H3,(H,32,34,35). The summed E-state index contributed by atoms with van der Waals surface area (Å²) in [7, 11) is 1.96. The Kier molecular flexibility index (Phi) is 5.68. The number of halogens is 1. The molecule has 1 aliphatic heterocycles. The number of aryl methyl sites for hydroxylation is 1. The zero-order valence-electron chi connectivity index (χ0n) is 20.6. The van der Waals surface area contributed by atoms with Crippen molar-refractivity contribution in [1.82, 2.24) is 35.3 Å². The van der Waals surface area contributed by atoms with Gasteiger partial charge in [0, 0.05) is 47.4 Å². The summed E-state index contributed by atoms with van der Waals surface area (Å²) in [6.45, 7) is 2.22. The molecule has 0 fully saturated rings. The Morgan fingerprint density at radius 2 is 2.11 bits per heavy atom. The molecule has 2 aliphatic rings. The summed E-state index contributed by atoms with van der Waals surface area (Å²) in [6.07, 6.45) is 15.1. The molecule has 3 aromatic heterocycles. The van der Waals surface area contributed by atoms with Crippen LogP contribution in [0.25, 0.3) is 16.5 Å². The first-order chi connectivity index (χ1) is 17.6. The van der Waals surface area contributed by atoms with Crippen molar-refractivity contribution in [2.24, 2.45) is 7.05 Å². The summed E-state index contributed by atoms with van der Waals surface area (Å²) in [5, 5.41) is 17.4. The highest BCUT2D eigenvalue weighted by Gasteiger charge is 2.45. The van der Waals surface area contributed by atoms with Gasteiger partial charge in [-0.3, -0.25) is 15.1 Å². The second kappa shape index (κ2) is 9.02. The van der Waals surface area contributed by atoms with Crippen LogP contribution in [0.15, 0.2) is 66.8 Å². The van der Waals surface area contributed by atoms with Crippen molar-refractivity contribution in [2.45, 2.75) is 50.6 Å². The molecule has 0 radical (unpaired) electrons. The number of H-pyrrole nitrogens is 2. The van der Waals surface area contributed by atoms with Gasteiger partial charge in [0.1, 0.15) is 11.7 Å². The number of hydrogen-bond donors (Lipinski definition) is 3. The lowest BCUT2D eigenvalue weighted by molar-refractivity contribution is 0.279. The zero-order valence-corrected chi connectivity index (χ0v) is 20.6. The van der Waals surface area contributed by atoms with Gasteiger partial charge in [0.2, 0.25) is 0 Å². The number of rotatable bonds is 6. The van der Waals surface area contributed by atoms with Crippen LogP contribution < -0.4 is 5.32 Å². The molecule has 0 saturated heterocycles. The number of unbranched alkanes of at least 4 members (excludes halogenated alkanes) is 1. The number of aromatic nitrogens is 6. The van der Waals surface area contributed by atoms with E-state index in [9.17, 15) is 4.39 Å². The minimum atomic E-state index is -0.443. The first kappa shape index (κ1) is 22.7. The molecule has 0 bridgehead atoms. The lowest BCUT2D eigenvalue weighted by atomic mass is 9.76. The fourth-order valence-corrected chi connectivity index (χ4v) is 5.53. The molecule has 36 heavy (non-hydrogen) atoms. The molecule has 6 rings (SSSR count). The quantitative estimate of drug-likeness (QED) is 0.336. The molecule has 3 N–H and O–H groups in total. The van der Waals surface area contributed by atoms with Gasteiger partial charge in [0.05, 0.1) is 17.8 Å². The van der Waals surface area contributed by atoms with Crippen LogP contribution >= 0.6 is 0 Å². The lowest BCUT2D eigenvalue weighted by Gasteiger charge is -2.41. The smallest absolute Gasteiger partial charge is 0.181 e. The second-order valence-electron chi connectivity index (χ2n) is 9.72. The third kappa shape index (κ3) is 3.82. The highest BCUT2D eigenvalue weighted by Crippen LogP contribution is 2.45. The van der Waals surface area contributed by atoms with Crippen LogP contribution in [-0.4, -0.2) is 29.9 Å². The second-order valence-corrected chi connectivity index (χ2v) is 9.72. The van der Waals surface area contributed by atoms with E-state index in [0.29, 0.717) is 5.82 Å². The maximum Gasteiger partial charge on any atom is 0.181 e. The van der Waals surface area contributed by atoms with Crippen molar-refractivity contribution < 1.29 is 4.39 Å². The number of benzene rings is 1. The van der Waals surface area contributed by atoms with Gasteiger partial charge in [-0.05, 0) is 36.6 Å². The summed E-state index contributed by atoms with van der Waals surface area (Å²) >= 11 is 0. The van der Waals surface area contributed by atoms with E-state index in [2.05, 4.69) is 63.0 Å². The van der Waals surface area contributed by atoms with Gasteiger partial charge >= 0.3 is 0 Å². The molecule has 0 spiro atoms. The predicted molar refractivity (Wildman–Crippen MR) is 139 cm³/mol. The SMILES string of the molecule is CCCCC1(c2cnn(C)c2)NC(c2nc(C3=CC=C(F)CC=C3)n[nH]2)Cc2c1[nH]c1ccccc21. The van der Waals surface area contributed by atoms with E-state index >= 15 is 0 Å². The third-order valence-electron chi connectivity index (χ3n) is 7.32. The van der Waals surface area contributed by atoms with E-state index < -0.39 is 5.54 Å². The number of allylic oxidation sites excluding steroid dienone is 6. The number of nitrogens with zero attached hydrogens (tertiary/aromatic N) is 4. The van der Waals surface area contributed by atoms with Gasteiger partial charge in [0.25, 0.3) is 0 Å². The summed E-state index contributed by atoms with van der Waals surface area (Å²) < 4.78 is 15.6. The normalized spacial score (nSPS) is 21.8. The number of para-hydroxylation sites is 1. The van der Waals surface area contributed by atoms with Crippen LogP contribution in [0.4, 0.5) is 4.39 Å². The maximum atomic E-state index is 13.7. The zero-order chi connectivity index (χ0) is 24.7. The lowest BCUT2D eigenvalue weighted by Crippen LogP contribution is -2.50. The number of fused-ring (bicyclic) bond motifs is 3. The van der Waals surface area contributed by atoms with Crippen LogP contribution in [-0.2, 0) is 19.0 Å². The first-order valence-corrected chi connectivity index (χ1v) is 12.6. The summed E-state index contributed by atoms with van der Waals surface area (Å²) in [5.41, 5.74) is 5.11. The minimum Gasteiger partial charge on any atom is -0.356 e. The van der Waals surface area contributed by atoms with Gasteiger partial charge in [-0.1, -0.05) is 50.1 Å². The van der Waals surface area contributed by atoms with Crippen LogP contribution in [0.3, 0.4) is 0 Å². The van der Waals surface area contributed by atoms with Gasteiger partial charge in [-0.15, -0.1) is 0 Å². The molecule has 2 atom stereocenters. The van der Waals surface area contributed by atoms with Crippen molar-refractivity contribution in [3.05, 3.63) is 95.3 Å². The molecular weight excluding hydrogens is 453 g/mol. The Morgan fingerprint density at radius 3 is 2.94 bits per heavy atom. The average Bonchev–Trinajstić information content (AvgIpc) is 3.60. The number of aromatic amines is 2. The Bertz CT molecular complexity index is 1500. The molecular formula is C28H30FN7. The van der Waals surface area contributed by atoms with E-state index in [1.807, 2.05) is 24.0 Å². The van der Waals surface area contributed by atoms with E-state index in [1.165, 1.54) is 22.7 Å². The molecule has 1 aromatic carbocycles. The van der Waals surface area contributed by atoms with Crippen molar-refractivity contribution in [1.29, 1.82) is 0 Å². The number of nitrogens with one attached hydrogen (secondary N) is 3. The van der Waals surface area contributed by atoms with E-state index in [0.717, 1.165) is 48.2 Å². The highest BCUT2D eigenvalue weighted by molar-refractivity contribution is 5.86. The highest BCUT2D eigenvalue weighted by atomic mass is 19.1. The largest absolute Gasteiger partial charge is 0.356 e. The summed E-state index contributed by atoms with van der Waals surface area (Å²) in [5.74, 6) is 1.17. The predicted octanol–water partition coefficient (Wildman–Crippen LogP) is 5.54. The molecule has 0 saturated carbocycles. The number of hydrogen-bond acceptors (Lipinski definition) is 4. The van der Waals surface area contributed by atoms with Gasteiger partial charge in [-0.25, -0.2) is 9.37 Å². The van der Waals surface area contributed by atoms with Crippen LogP contribution in [0.2, 0.25) is 0 Å². The Labute approximate surface area is 209 Å². The molecule has 8 heteroatoms. The summed E-state index contributed by atoms with van der Waals surface area (Å²) in [6, 6.07) is 8.41. The van der Waals surface area contributed by atoms with Crippen molar-refractivity contribution in [3.63, 3.8) is 0 Å². The molecule has 4 heterocycles. The van der Waals surface area contributed by atoms with Gasteiger partial charge < -0.3 is 4.98 Å². The van der Waals surface area contributed by atoms with Crippen LogP contribution in [0, 0.1) is 0 Å². The van der Waals surface area contributed by atoms with E-state index in [4.69, 9.17) is 4.98 Å². The van der Waals surface area contributed by atoms with Crippen molar-refractivity contribution >= 4 is 16.5 Å². The van der Waals surface area contributed by atoms with Crippen molar-refractivity contribution in [2.75, 3.05) is 0 Å². The van der Waals surface area contributed by atoms with E-state index in [1.54, 1.807) is 12.2 Å². The molecule has 0 amide bonds. The molecule has 184 valence electrons. The van der Waals surface area contributed by atoms with E-state index in [-0.39, 0.29) is 18.3 Å². The topological polar surface area (TPSA) is 87.2 Å². The fraction of sp³-hybridized carbons (Fsp3) is 0.321. The first-order valence-electron chi connectivity index (χ1n) is 12.6. The Morgan fingerprint density at radius 1 is 1.22 bits per heavy atom. The van der Waals surface area contributed by atoms with Crippen molar-refractivity contribution in [3.8, 4) is 0 Å². The summed E-state index contributed by atoms with van der Waals surface area (Å²) in [4.78, 5) is 8.63. The minimum absolute atomic E-state index is 0.0855. The van der Waals surface area contributed by atoms with Crippen LogP contribution in [0.1, 0.15) is 67.1 Å². The molecule has 7 nitrogen and oxygen atoms in total. The Hall–Kier alpha value is -3.78.